The number of amides is 1. The number of carbonyl (C=O) groups is 1. The zero-order chi connectivity index (χ0) is 18.4. The van der Waals surface area contributed by atoms with E-state index >= 15 is 0 Å². The second-order valence-electron chi connectivity index (χ2n) is 5.33. The standard InChI is InChI=1S/C15H20N4O4S2/c1-24-7-6-12(16)15-19-13(9-23-15)14(20)18-8-10-2-4-11(5-3-10)25(17,21)22/h2-5,9,12H,6-8,16H2,1H3,(H,18,20)(H2,17,21,22). The van der Waals surface area contributed by atoms with E-state index in [9.17, 15) is 13.2 Å². The largest absolute Gasteiger partial charge is 0.446 e. The van der Waals surface area contributed by atoms with E-state index in [4.69, 9.17) is 15.3 Å². The molecule has 2 rings (SSSR count). The van der Waals surface area contributed by atoms with Gasteiger partial charge in [-0.2, -0.15) is 11.8 Å². The highest BCUT2D eigenvalue weighted by molar-refractivity contribution is 7.98. The molecule has 5 N–H and O–H groups in total. The molecule has 0 saturated carbocycles. The Hall–Kier alpha value is -1.88. The van der Waals surface area contributed by atoms with Gasteiger partial charge in [0.2, 0.25) is 15.9 Å². The van der Waals surface area contributed by atoms with E-state index in [0.29, 0.717) is 12.3 Å². The highest BCUT2D eigenvalue weighted by Gasteiger charge is 2.16. The van der Waals surface area contributed by atoms with Crippen molar-refractivity contribution >= 4 is 27.7 Å². The summed E-state index contributed by atoms with van der Waals surface area (Å²) in [6.45, 7) is 0.213. The van der Waals surface area contributed by atoms with E-state index in [1.807, 2.05) is 6.26 Å². The van der Waals surface area contributed by atoms with Gasteiger partial charge in [-0.3, -0.25) is 4.79 Å². The molecule has 1 amide bonds. The molecule has 1 unspecified atom stereocenters. The Kier molecular flexibility index (Phi) is 6.59. The summed E-state index contributed by atoms with van der Waals surface area (Å²) in [4.78, 5) is 16.2. The number of nitrogens with two attached hydrogens (primary N) is 2. The van der Waals surface area contributed by atoms with Crippen molar-refractivity contribution in [3.05, 3.63) is 47.7 Å². The van der Waals surface area contributed by atoms with Crippen molar-refractivity contribution in [1.82, 2.24) is 10.3 Å². The molecule has 1 atom stereocenters. The number of nitrogens with zero attached hydrogens (tertiary/aromatic N) is 1. The lowest BCUT2D eigenvalue weighted by atomic mass is 10.2. The fourth-order valence-electron chi connectivity index (χ4n) is 2.00. The molecule has 0 aliphatic carbocycles. The maximum atomic E-state index is 12.1. The number of hydrogen-bond donors (Lipinski definition) is 3. The number of benzene rings is 1. The van der Waals surface area contributed by atoms with E-state index in [1.54, 1.807) is 23.9 Å². The fraction of sp³-hybridized carbons (Fsp3) is 0.333. The molecule has 0 aliphatic rings. The molecule has 0 saturated heterocycles. The topological polar surface area (TPSA) is 141 Å². The van der Waals surface area contributed by atoms with E-state index in [0.717, 1.165) is 11.3 Å². The van der Waals surface area contributed by atoms with Crippen LogP contribution in [0.15, 0.2) is 39.8 Å². The number of hydrogen-bond acceptors (Lipinski definition) is 7. The van der Waals surface area contributed by atoms with Crippen LogP contribution in [0, 0.1) is 0 Å². The third-order valence-electron chi connectivity index (χ3n) is 3.41. The Morgan fingerprint density at radius 3 is 2.64 bits per heavy atom. The minimum absolute atomic E-state index is 0.0166. The van der Waals surface area contributed by atoms with Crippen LogP contribution >= 0.6 is 11.8 Å². The van der Waals surface area contributed by atoms with Gasteiger partial charge >= 0.3 is 0 Å². The molecule has 0 fully saturated rings. The summed E-state index contributed by atoms with van der Waals surface area (Å²) < 4.78 is 27.7. The minimum Gasteiger partial charge on any atom is -0.446 e. The molecular formula is C15H20N4O4S2. The molecule has 2 aromatic rings. The van der Waals surface area contributed by atoms with E-state index < -0.39 is 15.9 Å². The van der Waals surface area contributed by atoms with E-state index in [1.165, 1.54) is 18.4 Å². The first-order valence-electron chi connectivity index (χ1n) is 7.41. The first kappa shape index (κ1) is 19.4. The highest BCUT2D eigenvalue weighted by atomic mass is 32.2. The molecule has 8 nitrogen and oxygen atoms in total. The van der Waals surface area contributed by atoms with Gasteiger partial charge in [-0.1, -0.05) is 12.1 Å². The van der Waals surface area contributed by atoms with Crippen molar-refractivity contribution in [3.8, 4) is 0 Å². The molecule has 0 spiro atoms. The Morgan fingerprint density at radius 2 is 2.04 bits per heavy atom. The van der Waals surface area contributed by atoms with Crippen molar-refractivity contribution in [3.63, 3.8) is 0 Å². The molecule has 136 valence electrons. The molecule has 0 radical (unpaired) electrons. The van der Waals surface area contributed by atoms with E-state index in [-0.39, 0.29) is 23.2 Å². The SMILES string of the molecule is CSCCC(N)c1nc(C(=O)NCc2ccc(S(N)(=O)=O)cc2)co1. The predicted molar refractivity (Wildman–Crippen MR) is 95.4 cm³/mol. The van der Waals surface area contributed by atoms with Crippen molar-refractivity contribution in [1.29, 1.82) is 0 Å². The third kappa shape index (κ3) is 5.56. The van der Waals surface area contributed by atoms with Crippen LogP contribution in [0.3, 0.4) is 0 Å². The van der Waals surface area contributed by atoms with Crippen molar-refractivity contribution in [2.75, 3.05) is 12.0 Å². The van der Waals surface area contributed by atoms with Gasteiger partial charge < -0.3 is 15.5 Å². The first-order chi connectivity index (χ1) is 11.8. The summed E-state index contributed by atoms with van der Waals surface area (Å²) in [5.74, 6) is 0.804. The Morgan fingerprint density at radius 1 is 1.36 bits per heavy atom. The monoisotopic (exact) mass is 384 g/mol. The molecular weight excluding hydrogens is 364 g/mol. The minimum atomic E-state index is -3.73. The number of primary sulfonamides is 1. The van der Waals surface area contributed by atoms with Gasteiger partial charge in [-0.15, -0.1) is 0 Å². The number of rotatable bonds is 8. The Balaban J connectivity index is 1.93. The van der Waals surface area contributed by atoms with Gasteiger partial charge in [-0.05, 0) is 36.1 Å². The van der Waals surface area contributed by atoms with Gasteiger partial charge in [0.15, 0.2) is 5.69 Å². The van der Waals surface area contributed by atoms with Gasteiger partial charge in [0, 0.05) is 6.54 Å². The number of thioether (sulfide) groups is 1. The van der Waals surface area contributed by atoms with Gasteiger partial charge in [0.1, 0.15) is 6.26 Å². The zero-order valence-corrected chi connectivity index (χ0v) is 15.3. The van der Waals surface area contributed by atoms with Crippen LogP contribution in [-0.2, 0) is 16.6 Å². The lowest BCUT2D eigenvalue weighted by Crippen LogP contribution is -2.23. The number of oxazole rings is 1. The Bertz CT molecular complexity index is 818. The van der Waals surface area contributed by atoms with Crippen LogP contribution in [0.4, 0.5) is 0 Å². The van der Waals surface area contributed by atoms with Crippen LogP contribution in [-0.4, -0.2) is 31.3 Å². The highest BCUT2D eigenvalue weighted by Crippen LogP contribution is 2.15. The Labute approximate surface area is 150 Å². The lowest BCUT2D eigenvalue weighted by Gasteiger charge is -2.05. The summed E-state index contributed by atoms with van der Waals surface area (Å²) in [5, 5.41) is 7.72. The van der Waals surface area contributed by atoms with Crippen LogP contribution in [0.1, 0.15) is 34.4 Å². The van der Waals surface area contributed by atoms with Gasteiger partial charge in [0.25, 0.3) is 5.91 Å². The molecule has 1 aromatic heterocycles. The summed E-state index contributed by atoms with van der Waals surface area (Å²) in [6.07, 6.45) is 3.96. The quantitative estimate of drug-likeness (QED) is 0.616. The average molecular weight is 384 g/mol. The number of nitrogens with one attached hydrogen (secondary N) is 1. The predicted octanol–water partition coefficient (Wildman–Crippen LogP) is 1.00. The maximum Gasteiger partial charge on any atom is 0.273 e. The van der Waals surface area contributed by atoms with Crippen LogP contribution < -0.4 is 16.2 Å². The van der Waals surface area contributed by atoms with Gasteiger partial charge in [0.05, 0.1) is 10.9 Å². The van der Waals surface area contributed by atoms with Crippen LogP contribution in [0.25, 0.3) is 0 Å². The van der Waals surface area contributed by atoms with Crippen molar-refractivity contribution in [2.45, 2.75) is 23.9 Å². The van der Waals surface area contributed by atoms with Crippen LogP contribution in [0.5, 0.6) is 0 Å². The molecule has 10 heteroatoms. The summed E-state index contributed by atoms with van der Waals surface area (Å²) in [6, 6.07) is 5.57. The molecule has 0 bridgehead atoms. The summed E-state index contributed by atoms with van der Waals surface area (Å²) in [7, 11) is -3.73. The third-order valence-corrected chi connectivity index (χ3v) is 4.98. The van der Waals surface area contributed by atoms with Crippen molar-refractivity contribution in [2.24, 2.45) is 10.9 Å². The lowest BCUT2D eigenvalue weighted by molar-refractivity contribution is 0.0946. The molecule has 1 heterocycles. The normalized spacial score (nSPS) is 12.8. The zero-order valence-electron chi connectivity index (χ0n) is 13.6. The van der Waals surface area contributed by atoms with Crippen molar-refractivity contribution < 1.29 is 17.6 Å². The summed E-state index contributed by atoms with van der Waals surface area (Å²) >= 11 is 1.67. The number of carbonyl (C=O) groups excluding carboxylic acids is 1. The number of sulfonamides is 1. The van der Waals surface area contributed by atoms with E-state index in [2.05, 4.69) is 10.3 Å². The first-order valence-corrected chi connectivity index (χ1v) is 10.3. The summed E-state index contributed by atoms with van der Waals surface area (Å²) in [5.41, 5.74) is 6.82. The van der Waals surface area contributed by atoms with Crippen LogP contribution in [0.2, 0.25) is 0 Å². The number of aromatic nitrogens is 1. The second-order valence-corrected chi connectivity index (χ2v) is 7.88. The second kappa shape index (κ2) is 8.48. The molecule has 1 aromatic carbocycles. The average Bonchev–Trinajstić information content (AvgIpc) is 3.07. The smallest absolute Gasteiger partial charge is 0.273 e. The maximum absolute atomic E-state index is 12.1. The fourth-order valence-corrected chi connectivity index (χ4v) is 3.01. The molecule has 0 aliphatic heterocycles. The van der Waals surface area contributed by atoms with Gasteiger partial charge in [-0.25, -0.2) is 18.5 Å². The molecule has 25 heavy (non-hydrogen) atoms.